The first-order valence-electron chi connectivity index (χ1n) is 4.92. The molecule has 0 aliphatic carbocycles. The molecule has 0 fully saturated rings. The van der Waals surface area contributed by atoms with Crippen LogP contribution >= 0.6 is 15.9 Å². The maximum absolute atomic E-state index is 5.82. The van der Waals surface area contributed by atoms with E-state index in [1.807, 2.05) is 6.07 Å². The summed E-state index contributed by atoms with van der Waals surface area (Å²) >= 11 is 3.33. The van der Waals surface area contributed by atoms with Crippen LogP contribution in [-0.4, -0.2) is 12.1 Å². The Morgan fingerprint density at radius 1 is 1.24 bits per heavy atom. The molecule has 4 nitrogen and oxygen atoms in total. The van der Waals surface area contributed by atoms with E-state index in [1.165, 1.54) is 0 Å². The predicted molar refractivity (Wildman–Crippen MR) is 69.4 cm³/mol. The summed E-state index contributed by atoms with van der Waals surface area (Å²) in [5, 5.41) is 0. The zero-order chi connectivity index (χ0) is 12.3. The van der Waals surface area contributed by atoms with Gasteiger partial charge in [-0.2, -0.15) is 0 Å². The van der Waals surface area contributed by atoms with Crippen LogP contribution in [0.25, 0.3) is 0 Å². The van der Waals surface area contributed by atoms with Gasteiger partial charge >= 0.3 is 0 Å². The molecule has 1 aromatic heterocycles. The lowest BCUT2D eigenvalue weighted by molar-refractivity contribution is 0.408. The molecule has 2 aromatic rings. The van der Waals surface area contributed by atoms with E-state index in [0.29, 0.717) is 23.1 Å². The predicted octanol–water partition coefficient (Wildman–Crippen LogP) is 3.23. The molecule has 0 saturated heterocycles. The van der Waals surface area contributed by atoms with Crippen molar-refractivity contribution in [1.82, 2.24) is 4.98 Å². The fourth-order valence-corrected chi connectivity index (χ4v) is 1.65. The van der Waals surface area contributed by atoms with Crippen molar-refractivity contribution in [3.05, 3.63) is 41.0 Å². The maximum atomic E-state index is 5.82. The molecule has 2 rings (SSSR count). The highest BCUT2D eigenvalue weighted by Crippen LogP contribution is 2.29. The molecule has 1 heterocycles. The quantitative estimate of drug-likeness (QED) is 0.883. The summed E-state index contributed by atoms with van der Waals surface area (Å²) in [7, 11) is 1.59. The molecular weight excluding hydrogens is 284 g/mol. The Hall–Kier alpha value is -1.75. The summed E-state index contributed by atoms with van der Waals surface area (Å²) in [6.45, 7) is 0. The van der Waals surface area contributed by atoms with Crippen LogP contribution in [0.4, 0.5) is 5.69 Å². The first-order valence-corrected chi connectivity index (χ1v) is 5.71. The average Bonchev–Trinajstić information content (AvgIpc) is 2.34. The summed E-state index contributed by atoms with van der Waals surface area (Å²) in [5.74, 6) is 1.73. The Kier molecular flexibility index (Phi) is 3.49. The fourth-order valence-electron chi connectivity index (χ4n) is 1.27. The first kappa shape index (κ1) is 11.7. The Bertz CT molecular complexity index is 514. The number of halogens is 1. The van der Waals surface area contributed by atoms with Gasteiger partial charge in [-0.3, -0.25) is 0 Å². The van der Waals surface area contributed by atoms with Crippen LogP contribution in [0.2, 0.25) is 0 Å². The molecule has 0 bridgehead atoms. The number of hydrogen-bond donors (Lipinski definition) is 1. The topological polar surface area (TPSA) is 57.4 Å². The molecule has 5 heteroatoms. The normalized spacial score (nSPS) is 10.0. The number of nitrogens with two attached hydrogens (primary N) is 1. The third-order valence-corrected chi connectivity index (χ3v) is 2.62. The zero-order valence-corrected chi connectivity index (χ0v) is 10.8. The van der Waals surface area contributed by atoms with Crippen LogP contribution < -0.4 is 15.2 Å². The smallest absolute Gasteiger partial charge is 0.219 e. The molecule has 88 valence electrons. The molecule has 0 unspecified atom stereocenters. The van der Waals surface area contributed by atoms with Crippen molar-refractivity contribution in [2.75, 3.05) is 12.8 Å². The maximum Gasteiger partial charge on any atom is 0.219 e. The van der Waals surface area contributed by atoms with Gasteiger partial charge in [0.2, 0.25) is 5.88 Å². The first-order chi connectivity index (χ1) is 8.19. The van der Waals surface area contributed by atoms with Crippen LogP contribution in [0, 0.1) is 0 Å². The number of ether oxygens (including phenoxy) is 2. The molecule has 0 radical (unpaired) electrons. The molecule has 0 amide bonds. The molecular formula is C12H11BrN2O2. The van der Waals surface area contributed by atoms with E-state index in [-0.39, 0.29) is 0 Å². The molecule has 0 spiro atoms. The van der Waals surface area contributed by atoms with E-state index in [0.717, 1.165) is 4.47 Å². The van der Waals surface area contributed by atoms with Crippen LogP contribution in [0.15, 0.2) is 41.0 Å². The van der Waals surface area contributed by atoms with Crippen molar-refractivity contribution in [2.24, 2.45) is 0 Å². The highest BCUT2D eigenvalue weighted by molar-refractivity contribution is 9.10. The van der Waals surface area contributed by atoms with Crippen molar-refractivity contribution in [3.8, 4) is 17.4 Å². The second-order valence-electron chi connectivity index (χ2n) is 3.32. The van der Waals surface area contributed by atoms with E-state index in [2.05, 4.69) is 20.9 Å². The van der Waals surface area contributed by atoms with Gasteiger partial charge in [-0.15, -0.1) is 0 Å². The Morgan fingerprint density at radius 2 is 2.06 bits per heavy atom. The number of rotatable bonds is 3. The summed E-state index contributed by atoms with van der Waals surface area (Å²) in [4.78, 5) is 4.09. The van der Waals surface area contributed by atoms with Gasteiger partial charge in [-0.1, -0.05) is 15.9 Å². The third kappa shape index (κ3) is 2.88. The second-order valence-corrected chi connectivity index (χ2v) is 4.24. The largest absolute Gasteiger partial charge is 0.495 e. The van der Waals surface area contributed by atoms with Gasteiger partial charge in [0.05, 0.1) is 19.0 Å². The number of aromatic nitrogens is 1. The SMILES string of the molecule is COc1ccc(Oc2ccc(Br)cc2N)nc1. The van der Waals surface area contributed by atoms with Gasteiger partial charge in [-0.25, -0.2) is 4.98 Å². The molecule has 17 heavy (non-hydrogen) atoms. The van der Waals surface area contributed by atoms with Gasteiger partial charge in [0.15, 0.2) is 5.75 Å². The van der Waals surface area contributed by atoms with Gasteiger partial charge < -0.3 is 15.2 Å². The van der Waals surface area contributed by atoms with Crippen molar-refractivity contribution in [1.29, 1.82) is 0 Å². The lowest BCUT2D eigenvalue weighted by Crippen LogP contribution is -1.93. The number of hydrogen-bond acceptors (Lipinski definition) is 4. The van der Waals surface area contributed by atoms with Gasteiger partial charge in [0.25, 0.3) is 0 Å². The van der Waals surface area contributed by atoms with E-state index < -0.39 is 0 Å². The summed E-state index contributed by atoms with van der Waals surface area (Å²) in [6, 6.07) is 8.91. The number of benzene rings is 1. The number of nitrogen functional groups attached to an aromatic ring is 1. The van der Waals surface area contributed by atoms with Gasteiger partial charge in [0, 0.05) is 10.5 Å². The van der Waals surface area contributed by atoms with Gasteiger partial charge in [-0.05, 0) is 24.3 Å². The Morgan fingerprint density at radius 3 is 2.65 bits per heavy atom. The summed E-state index contributed by atoms with van der Waals surface area (Å²) in [6.07, 6.45) is 1.59. The minimum Gasteiger partial charge on any atom is -0.495 e. The standard InChI is InChI=1S/C12H11BrN2O2/c1-16-9-3-5-12(15-7-9)17-11-4-2-8(13)6-10(11)14/h2-7H,14H2,1H3. The molecule has 2 N–H and O–H groups in total. The van der Waals surface area contributed by atoms with Crippen molar-refractivity contribution < 1.29 is 9.47 Å². The lowest BCUT2D eigenvalue weighted by atomic mass is 10.3. The average molecular weight is 295 g/mol. The summed E-state index contributed by atoms with van der Waals surface area (Å²) < 4.78 is 11.5. The molecule has 0 aliphatic heterocycles. The highest BCUT2D eigenvalue weighted by Gasteiger charge is 2.03. The van der Waals surface area contributed by atoms with Crippen molar-refractivity contribution >= 4 is 21.6 Å². The van der Waals surface area contributed by atoms with Crippen LogP contribution in [0.1, 0.15) is 0 Å². The summed E-state index contributed by atoms with van der Waals surface area (Å²) in [5.41, 5.74) is 6.37. The highest BCUT2D eigenvalue weighted by atomic mass is 79.9. The number of methoxy groups -OCH3 is 1. The van der Waals surface area contributed by atoms with E-state index in [9.17, 15) is 0 Å². The fraction of sp³-hybridized carbons (Fsp3) is 0.0833. The van der Waals surface area contributed by atoms with Crippen LogP contribution in [0.3, 0.4) is 0 Å². The Balaban J connectivity index is 2.19. The molecule has 0 aliphatic rings. The van der Waals surface area contributed by atoms with E-state index in [1.54, 1.807) is 37.6 Å². The minimum absolute atomic E-state index is 0.472. The molecule has 1 aromatic carbocycles. The van der Waals surface area contributed by atoms with Crippen LogP contribution in [0.5, 0.6) is 17.4 Å². The van der Waals surface area contributed by atoms with E-state index in [4.69, 9.17) is 15.2 Å². The zero-order valence-electron chi connectivity index (χ0n) is 9.18. The van der Waals surface area contributed by atoms with Crippen molar-refractivity contribution in [2.45, 2.75) is 0 Å². The minimum atomic E-state index is 0.472. The second kappa shape index (κ2) is 5.05. The molecule has 0 saturated carbocycles. The number of anilines is 1. The third-order valence-electron chi connectivity index (χ3n) is 2.13. The van der Waals surface area contributed by atoms with E-state index >= 15 is 0 Å². The lowest BCUT2D eigenvalue weighted by Gasteiger charge is -2.08. The molecule has 0 atom stereocenters. The van der Waals surface area contributed by atoms with Crippen molar-refractivity contribution in [3.63, 3.8) is 0 Å². The monoisotopic (exact) mass is 294 g/mol. The Labute approximate surface area is 108 Å². The van der Waals surface area contributed by atoms with Crippen LogP contribution in [-0.2, 0) is 0 Å². The van der Waals surface area contributed by atoms with Gasteiger partial charge in [0.1, 0.15) is 5.75 Å². The number of pyridine rings is 1. The number of nitrogens with zero attached hydrogens (tertiary/aromatic N) is 1.